The molecule has 2 aromatic rings. The summed E-state index contributed by atoms with van der Waals surface area (Å²) in [5, 5.41) is 8.88. The SMILES string of the molecule is CC(C)Cc1nc2cc(Br)cnc2n1CC#N. The minimum Gasteiger partial charge on any atom is -0.299 e. The van der Waals surface area contributed by atoms with Gasteiger partial charge in [-0.05, 0) is 27.9 Å². The lowest BCUT2D eigenvalue weighted by Gasteiger charge is -2.05. The molecule has 0 radical (unpaired) electrons. The van der Waals surface area contributed by atoms with Crippen LogP contribution in [0.5, 0.6) is 0 Å². The van der Waals surface area contributed by atoms with E-state index < -0.39 is 0 Å². The zero-order chi connectivity index (χ0) is 12.4. The van der Waals surface area contributed by atoms with E-state index in [1.54, 1.807) is 6.20 Å². The van der Waals surface area contributed by atoms with E-state index in [2.05, 4.69) is 45.8 Å². The minimum absolute atomic E-state index is 0.299. The second kappa shape index (κ2) is 4.84. The Balaban J connectivity index is 2.58. The smallest absolute Gasteiger partial charge is 0.161 e. The van der Waals surface area contributed by atoms with E-state index >= 15 is 0 Å². The van der Waals surface area contributed by atoms with Crippen molar-refractivity contribution in [3.05, 3.63) is 22.6 Å². The first-order chi connectivity index (χ1) is 8.11. The minimum atomic E-state index is 0.299. The highest BCUT2D eigenvalue weighted by atomic mass is 79.9. The van der Waals surface area contributed by atoms with Crippen LogP contribution >= 0.6 is 15.9 Å². The molecule has 2 aromatic heterocycles. The quantitative estimate of drug-likeness (QED) is 0.874. The maximum Gasteiger partial charge on any atom is 0.161 e. The van der Waals surface area contributed by atoms with Gasteiger partial charge in [0.05, 0.1) is 6.07 Å². The monoisotopic (exact) mass is 292 g/mol. The molecule has 0 aliphatic heterocycles. The first kappa shape index (κ1) is 12.1. The molecule has 17 heavy (non-hydrogen) atoms. The Morgan fingerprint density at radius 3 is 2.94 bits per heavy atom. The maximum absolute atomic E-state index is 8.88. The number of aromatic nitrogens is 3. The van der Waals surface area contributed by atoms with Crippen molar-refractivity contribution in [1.82, 2.24) is 14.5 Å². The van der Waals surface area contributed by atoms with Gasteiger partial charge in [-0.3, -0.25) is 4.57 Å². The number of rotatable bonds is 3. The van der Waals surface area contributed by atoms with Gasteiger partial charge in [0, 0.05) is 17.1 Å². The fraction of sp³-hybridized carbons (Fsp3) is 0.417. The van der Waals surface area contributed by atoms with E-state index in [-0.39, 0.29) is 0 Å². The van der Waals surface area contributed by atoms with Gasteiger partial charge >= 0.3 is 0 Å². The van der Waals surface area contributed by atoms with Crippen molar-refractivity contribution in [2.24, 2.45) is 5.92 Å². The van der Waals surface area contributed by atoms with Gasteiger partial charge in [-0.25, -0.2) is 9.97 Å². The Morgan fingerprint density at radius 1 is 1.53 bits per heavy atom. The molecule has 0 aliphatic rings. The second-order valence-corrected chi connectivity index (χ2v) is 5.28. The van der Waals surface area contributed by atoms with Crippen molar-refractivity contribution in [1.29, 1.82) is 5.26 Å². The first-order valence-electron chi connectivity index (χ1n) is 5.49. The lowest BCUT2D eigenvalue weighted by molar-refractivity contribution is 0.597. The first-order valence-corrected chi connectivity index (χ1v) is 6.28. The van der Waals surface area contributed by atoms with E-state index in [1.165, 1.54) is 0 Å². The normalized spacial score (nSPS) is 11.0. The number of imidazole rings is 1. The summed E-state index contributed by atoms with van der Waals surface area (Å²) in [6.07, 6.45) is 2.59. The predicted molar refractivity (Wildman–Crippen MR) is 69.4 cm³/mol. The topological polar surface area (TPSA) is 54.5 Å². The van der Waals surface area contributed by atoms with Gasteiger partial charge in [0.2, 0.25) is 0 Å². The predicted octanol–water partition coefficient (Wildman–Crippen LogP) is 2.92. The average Bonchev–Trinajstić information content (AvgIpc) is 2.55. The Bertz CT molecular complexity index is 580. The van der Waals surface area contributed by atoms with Crippen LogP contribution in [0.4, 0.5) is 0 Å². The van der Waals surface area contributed by atoms with Crippen molar-refractivity contribution < 1.29 is 0 Å². The summed E-state index contributed by atoms with van der Waals surface area (Å²) in [4.78, 5) is 8.88. The summed E-state index contributed by atoms with van der Waals surface area (Å²) < 4.78 is 2.80. The van der Waals surface area contributed by atoms with Crippen LogP contribution in [0.25, 0.3) is 11.2 Å². The van der Waals surface area contributed by atoms with Crippen molar-refractivity contribution >= 4 is 27.1 Å². The van der Waals surface area contributed by atoms with E-state index in [9.17, 15) is 0 Å². The van der Waals surface area contributed by atoms with Gasteiger partial charge < -0.3 is 0 Å². The Kier molecular flexibility index (Phi) is 3.43. The molecule has 0 fully saturated rings. The summed E-state index contributed by atoms with van der Waals surface area (Å²) in [5.74, 6) is 1.44. The molecule has 0 amide bonds. The molecule has 0 saturated carbocycles. The van der Waals surface area contributed by atoms with Crippen LogP contribution in [0.3, 0.4) is 0 Å². The molecule has 4 nitrogen and oxygen atoms in total. The third-order valence-corrected chi connectivity index (χ3v) is 2.88. The highest BCUT2D eigenvalue weighted by molar-refractivity contribution is 9.10. The van der Waals surface area contributed by atoms with Crippen LogP contribution in [0, 0.1) is 17.2 Å². The summed E-state index contributed by atoms with van der Waals surface area (Å²) in [5.41, 5.74) is 1.62. The molecule has 0 bridgehead atoms. The molecule has 0 saturated heterocycles. The van der Waals surface area contributed by atoms with Crippen LogP contribution < -0.4 is 0 Å². The number of hydrogen-bond acceptors (Lipinski definition) is 3. The summed E-state index contributed by atoms with van der Waals surface area (Å²) in [6, 6.07) is 4.09. The van der Waals surface area contributed by atoms with Crippen molar-refractivity contribution in [2.45, 2.75) is 26.8 Å². The number of fused-ring (bicyclic) bond motifs is 1. The molecule has 0 aromatic carbocycles. The number of halogens is 1. The number of nitriles is 1. The van der Waals surface area contributed by atoms with Gasteiger partial charge in [-0.15, -0.1) is 0 Å². The highest BCUT2D eigenvalue weighted by Crippen LogP contribution is 2.19. The van der Waals surface area contributed by atoms with Crippen LogP contribution in [-0.4, -0.2) is 14.5 Å². The Hall–Kier alpha value is -1.41. The third kappa shape index (κ3) is 2.47. The number of hydrogen-bond donors (Lipinski definition) is 0. The third-order valence-electron chi connectivity index (χ3n) is 2.45. The van der Waals surface area contributed by atoms with E-state index in [4.69, 9.17) is 5.26 Å². The van der Waals surface area contributed by atoms with E-state index in [1.807, 2.05) is 10.6 Å². The Morgan fingerprint density at radius 2 is 2.29 bits per heavy atom. The maximum atomic E-state index is 8.88. The van der Waals surface area contributed by atoms with Gasteiger partial charge in [-0.1, -0.05) is 13.8 Å². The van der Waals surface area contributed by atoms with Crippen molar-refractivity contribution in [2.75, 3.05) is 0 Å². The molecule has 0 unspecified atom stereocenters. The molecule has 0 N–H and O–H groups in total. The molecule has 0 spiro atoms. The largest absolute Gasteiger partial charge is 0.299 e. The van der Waals surface area contributed by atoms with Crippen molar-refractivity contribution in [3.8, 4) is 6.07 Å². The van der Waals surface area contributed by atoms with Crippen LogP contribution in [0.15, 0.2) is 16.7 Å². The zero-order valence-electron chi connectivity index (χ0n) is 9.81. The fourth-order valence-electron chi connectivity index (χ4n) is 1.79. The molecule has 2 rings (SSSR count). The Labute approximate surface area is 108 Å². The molecule has 5 heteroatoms. The molecule has 88 valence electrons. The summed E-state index contributed by atoms with van der Waals surface area (Å²) >= 11 is 3.38. The lowest BCUT2D eigenvalue weighted by atomic mass is 10.1. The zero-order valence-corrected chi connectivity index (χ0v) is 11.4. The lowest BCUT2D eigenvalue weighted by Crippen LogP contribution is -2.06. The van der Waals surface area contributed by atoms with Gasteiger partial charge in [-0.2, -0.15) is 5.26 Å². The van der Waals surface area contributed by atoms with Gasteiger partial charge in [0.1, 0.15) is 17.9 Å². The fourth-order valence-corrected chi connectivity index (χ4v) is 2.11. The van der Waals surface area contributed by atoms with Gasteiger partial charge in [0.15, 0.2) is 5.65 Å². The standard InChI is InChI=1S/C12H13BrN4/c1-8(2)5-11-16-10-6-9(13)7-15-12(10)17(11)4-3-14/h6-8H,4-5H2,1-2H3. The summed E-state index contributed by atoms with van der Waals surface area (Å²) in [7, 11) is 0. The second-order valence-electron chi connectivity index (χ2n) is 4.37. The number of pyridine rings is 1. The molecule has 2 heterocycles. The van der Waals surface area contributed by atoms with Crippen LogP contribution in [-0.2, 0) is 13.0 Å². The molecule has 0 atom stereocenters. The molecule has 0 aliphatic carbocycles. The van der Waals surface area contributed by atoms with Crippen molar-refractivity contribution in [3.63, 3.8) is 0 Å². The highest BCUT2D eigenvalue weighted by Gasteiger charge is 2.12. The van der Waals surface area contributed by atoms with Crippen LogP contribution in [0.2, 0.25) is 0 Å². The van der Waals surface area contributed by atoms with E-state index in [0.717, 1.165) is 27.9 Å². The van der Waals surface area contributed by atoms with Gasteiger partial charge in [0.25, 0.3) is 0 Å². The molecular formula is C12H13BrN4. The average molecular weight is 293 g/mol. The summed E-state index contributed by atoms with van der Waals surface area (Å²) in [6.45, 7) is 4.58. The molecular weight excluding hydrogens is 280 g/mol. The van der Waals surface area contributed by atoms with Crippen LogP contribution in [0.1, 0.15) is 19.7 Å². The van der Waals surface area contributed by atoms with E-state index in [0.29, 0.717) is 12.5 Å². The number of nitrogens with zero attached hydrogens (tertiary/aromatic N) is 4.